The van der Waals surface area contributed by atoms with Gasteiger partial charge in [0.15, 0.2) is 5.82 Å². The molecule has 0 aliphatic rings. The second kappa shape index (κ2) is 2.05. The molecule has 2 aromatic rings. The number of fused-ring (bicyclic) bond motifs is 1. The first-order valence-electron chi connectivity index (χ1n) is 3.29. The van der Waals surface area contributed by atoms with E-state index in [2.05, 4.69) is 5.16 Å². The summed E-state index contributed by atoms with van der Waals surface area (Å²) in [4.78, 5) is 0. The minimum absolute atomic E-state index is 0.310. The van der Waals surface area contributed by atoms with Crippen molar-refractivity contribution >= 4 is 10.9 Å². The topological polar surface area (TPSA) is 26.0 Å². The van der Waals surface area contributed by atoms with Gasteiger partial charge in [-0.25, -0.2) is 4.39 Å². The van der Waals surface area contributed by atoms with Gasteiger partial charge in [0.2, 0.25) is 0 Å². The van der Waals surface area contributed by atoms with E-state index in [0.29, 0.717) is 11.3 Å². The van der Waals surface area contributed by atoms with Gasteiger partial charge in [-0.2, -0.15) is 0 Å². The van der Waals surface area contributed by atoms with Gasteiger partial charge in [0.05, 0.1) is 0 Å². The van der Waals surface area contributed by atoms with Gasteiger partial charge in [0, 0.05) is 5.39 Å². The van der Waals surface area contributed by atoms with Crippen molar-refractivity contribution in [3.8, 4) is 0 Å². The predicted octanol–water partition coefficient (Wildman–Crippen LogP) is 2.28. The number of hydrogen-bond donors (Lipinski definition) is 0. The van der Waals surface area contributed by atoms with Gasteiger partial charge in [-0.05, 0) is 19.1 Å². The fourth-order valence-corrected chi connectivity index (χ4v) is 1.06. The Balaban J connectivity index is 2.94. The number of aryl methyl sites for hydroxylation is 1. The molecule has 0 unspecified atom stereocenters. The van der Waals surface area contributed by atoms with Crippen LogP contribution in [0, 0.1) is 12.7 Å². The van der Waals surface area contributed by atoms with Crippen LogP contribution in [0.3, 0.4) is 0 Å². The number of hydrogen-bond acceptors (Lipinski definition) is 2. The summed E-state index contributed by atoms with van der Waals surface area (Å²) in [6.07, 6.45) is 0. The van der Waals surface area contributed by atoms with Crippen molar-refractivity contribution in [2.24, 2.45) is 0 Å². The van der Waals surface area contributed by atoms with Crippen molar-refractivity contribution < 1.29 is 8.91 Å². The van der Waals surface area contributed by atoms with Crippen LogP contribution in [0.4, 0.5) is 4.39 Å². The average Bonchev–Trinajstić information content (AvgIpc) is 2.35. The summed E-state index contributed by atoms with van der Waals surface area (Å²) in [7, 11) is 0. The van der Waals surface area contributed by atoms with Crippen LogP contribution < -0.4 is 0 Å². The highest BCUT2D eigenvalue weighted by Gasteiger charge is 2.06. The second-order valence-electron chi connectivity index (χ2n) is 2.37. The summed E-state index contributed by atoms with van der Waals surface area (Å²) < 4.78 is 17.7. The highest BCUT2D eigenvalue weighted by Crippen LogP contribution is 2.19. The summed E-state index contributed by atoms with van der Waals surface area (Å²) in [5, 5.41) is 4.31. The van der Waals surface area contributed by atoms with Gasteiger partial charge in [0.25, 0.3) is 0 Å². The molecule has 11 heavy (non-hydrogen) atoms. The lowest BCUT2D eigenvalue weighted by Crippen LogP contribution is -1.75. The lowest BCUT2D eigenvalue weighted by atomic mass is 10.2. The van der Waals surface area contributed by atoms with Gasteiger partial charge in [-0.3, -0.25) is 0 Å². The third-order valence-electron chi connectivity index (χ3n) is 1.64. The molecule has 0 aliphatic heterocycles. The summed E-state index contributed by atoms with van der Waals surface area (Å²) in [5.74, 6) is 0.318. The van der Waals surface area contributed by atoms with Crippen molar-refractivity contribution in [2.45, 2.75) is 6.92 Å². The van der Waals surface area contributed by atoms with Crippen LogP contribution in [0.25, 0.3) is 10.9 Å². The predicted molar refractivity (Wildman–Crippen MR) is 38.7 cm³/mol. The molecule has 0 N–H and O–H groups in total. The maximum absolute atomic E-state index is 12.9. The zero-order valence-corrected chi connectivity index (χ0v) is 5.97. The second-order valence-corrected chi connectivity index (χ2v) is 2.37. The fourth-order valence-electron chi connectivity index (χ4n) is 1.06. The highest BCUT2D eigenvalue weighted by atomic mass is 19.1. The molecule has 0 radical (unpaired) electrons. The van der Waals surface area contributed by atoms with Crippen LogP contribution in [0.15, 0.2) is 22.7 Å². The smallest absolute Gasteiger partial charge is 0.152 e. The summed E-state index contributed by atoms with van der Waals surface area (Å²) in [6, 6.07) is 4.79. The van der Waals surface area contributed by atoms with E-state index >= 15 is 0 Å². The first-order chi connectivity index (χ1) is 5.29. The van der Waals surface area contributed by atoms with Crippen LogP contribution in [0.5, 0.6) is 0 Å². The molecule has 3 heteroatoms. The summed E-state index contributed by atoms with van der Waals surface area (Å²) in [6.45, 7) is 1.76. The van der Waals surface area contributed by atoms with Crippen LogP contribution in [-0.2, 0) is 0 Å². The molecule has 1 aromatic carbocycles. The molecule has 1 heterocycles. The third kappa shape index (κ3) is 0.808. The Hall–Kier alpha value is -1.38. The largest absolute Gasteiger partial charge is 0.360 e. The molecular weight excluding hydrogens is 145 g/mol. The Bertz CT molecular complexity index is 394. The molecule has 0 saturated carbocycles. The van der Waals surface area contributed by atoms with Crippen molar-refractivity contribution in [1.82, 2.24) is 5.16 Å². The van der Waals surface area contributed by atoms with E-state index < -0.39 is 0 Å². The zero-order chi connectivity index (χ0) is 7.84. The first kappa shape index (κ1) is 6.34. The molecule has 0 atom stereocenters. The lowest BCUT2D eigenvalue weighted by molar-refractivity contribution is 0.403. The summed E-state index contributed by atoms with van der Waals surface area (Å²) in [5.41, 5.74) is 0.310. The van der Waals surface area contributed by atoms with E-state index in [1.807, 2.05) is 0 Å². The Morgan fingerprint density at radius 3 is 3.00 bits per heavy atom. The molecule has 2 rings (SSSR count). The molecule has 1 aromatic heterocycles. The molecule has 0 aliphatic carbocycles. The van der Waals surface area contributed by atoms with Crippen LogP contribution in [-0.4, -0.2) is 5.16 Å². The van der Waals surface area contributed by atoms with E-state index in [4.69, 9.17) is 4.52 Å². The third-order valence-corrected chi connectivity index (χ3v) is 1.64. The summed E-state index contributed by atoms with van der Waals surface area (Å²) >= 11 is 0. The minimum Gasteiger partial charge on any atom is -0.360 e. The number of rotatable bonds is 0. The molecule has 0 amide bonds. The fraction of sp³-hybridized carbons (Fsp3) is 0.125. The molecule has 2 nitrogen and oxygen atoms in total. The lowest BCUT2D eigenvalue weighted by Gasteiger charge is -1.86. The number of aromatic nitrogens is 1. The molecule has 0 spiro atoms. The number of benzene rings is 1. The maximum Gasteiger partial charge on any atom is 0.152 e. The van der Waals surface area contributed by atoms with Crippen molar-refractivity contribution in [3.05, 3.63) is 29.8 Å². The monoisotopic (exact) mass is 151 g/mol. The SMILES string of the molecule is Cc1onc2c(F)cccc12. The van der Waals surface area contributed by atoms with Crippen LogP contribution >= 0.6 is 0 Å². The molecule has 56 valence electrons. The van der Waals surface area contributed by atoms with Crippen molar-refractivity contribution in [2.75, 3.05) is 0 Å². The van der Waals surface area contributed by atoms with E-state index in [1.165, 1.54) is 6.07 Å². The van der Waals surface area contributed by atoms with Gasteiger partial charge >= 0.3 is 0 Å². The Morgan fingerprint density at radius 2 is 2.27 bits per heavy atom. The van der Waals surface area contributed by atoms with Crippen LogP contribution in [0.1, 0.15) is 5.76 Å². The average molecular weight is 151 g/mol. The molecule has 0 saturated heterocycles. The minimum atomic E-state index is -0.334. The Labute approximate surface area is 62.6 Å². The highest BCUT2D eigenvalue weighted by molar-refractivity contribution is 5.80. The Kier molecular flexibility index (Phi) is 1.18. The molecule has 0 fully saturated rings. The van der Waals surface area contributed by atoms with E-state index in [-0.39, 0.29) is 5.82 Å². The van der Waals surface area contributed by atoms with E-state index in [1.54, 1.807) is 19.1 Å². The Morgan fingerprint density at radius 1 is 1.45 bits per heavy atom. The van der Waals surface area contributed by atoms with Crippen molar-refractivity contribution in [3.63, 3.8) is 0 Å². The van der Waals surface area contributed by atoms with Gasteiger partial charge in [0.1, 0.15) is 11.3 Å². The molecular formula is C8H6FNO. The quantitative estimate of drug-likeness (QED) is 0.577. The maximum atomic E-state index is 12.9. The van der Waals surface area contributed by atoms with Gasteiger partial charge in [-0.1, -0.05) is 11.2 Å². The normalized spacial score (nSPS) is 10.7. The zero-order valence-electron chi connectivity index (χ0n) is 5.97. The van der Waals surface area contributed by atoms with Gasteiger partial charge < -0.3 is 4.52 Å². The first-order valence-corrected chi connectivity index (χ1v) is 3.29. The van der Waals surface area contributed by atoms with E-state index in [9.17, 15) is 4.39 Å². The number of nitrogens with zero attached hydrogens (tertiary/aromatic N) is 1. The van der Waals surface area contributed by atoms with Crippen molar-refractivity contribution in [1.29, 1.82) is 0 Å². The van der Waals surface area contributed by atoms with Crippen LogP contribution in [0.2, 0.25) is 0 Å². The van der Waals surface area contributed by atoms with E-state index in [0.717, 1.165) is 5.39 Å². The van der Waals surface area contributed by atoms with Gasteiger partial charge in [-0.15, -0.1) is 0 Å². The number of halogens is 1. The standard InChI is InChI=1S/C8H6FNO/c1-5-6-3-2-4-7(9)8(6)10-11-5/h2-4H,1H3. The molecule has 0 bridgehead atoms.